The molecule has 0 saturated heterocycles. The summed E-state index contributed by atoms with van der Waals surface area (Å²) in [6.07, 6.45) is 0. The van der Waals surface area contributed by atoms with Crippen molar-refractivity contribution in [2.24, 2.45) is 0 Å². The van der Waals surface area contributed by atoms with E-state index in [9.17, 15) is 8.42 Å². The molecule has 0 aromatic heterocycles. The molecule has 19 heavy (non-hydrogen) atoms. The summed E-state index contributed by atoms with van der Waals surface area (Å²) in [5.41, 5.74) is 2.24. The first-order valence-corrected chi connectivity index (χ1v) is 7.80. The predicted molar refractivity (Wildman–Crippen MR) is 78.9 cm³/mol. The standard InChI is InChI=1S/C14H14ClNO2S/c1-11-6-8-12(9-7-11)10-19(17,18)16-14-5-3-2-4-13(14)15/h2-9,16H,10H2,1H3. The molecule has 0 atom stereocenters. The molecule has 0 heterocycles. The number of nitrogens with one attached hydrogen (secondary N) is 1. The van der Waals surface area contributed by atoms with Crippen LogP contribution < -0.4 is 4.72 Å². The zero-order valence-electron chi connectivity index (χ0n) is 10.4. The molecule has 2 aromatic carbocycles. The quantitative estimate of drug-likeness (QED) is 0.937. The van der Waals surface area contributed by atoms with Gasteiger partial charge < -0.3 is 0 Å². The monoisotopic (exact) mass is 295 g/mol. The van der Waals surface area contributed by atoms with Crippen molar-refractivity contribution in [1.29, 1.82) is 0 Å². The fourth-order valence-electron chi connectivity index (χ4n) is 1.65. The van der Waals surface area contributed by atoms with Crippen LogP contribution >= 0.6 is 11.6 Å². The largest absolute Gasteiger partial charge is 0.282 e. The Balaban J connectivity index is 2.15. The minimum atomic E-state index is -3.46. The Morgan fingerprint density at radius 1 is 1.05 bits per heavy atom. The van der Waals surface area contributed by atoms with E-state index < -0.39 is 10.0 Å². The number of hydrogen-bond donors (Lipinski definition) is 1. The van der Waals surface area contributed by atoms with Crippen LogP contribution in [0.1, 0.15) is 11.1 Å². The molecule has 0 aliphatic rings. The first-order valence-electron chi connectivity index (χ1n) is 5.77. The zero-order valence-corrected chi connectivity index (χ0v) is 12.0. The summed E-state index contributed by atoms with van der Waals surface area (Å²) in [5, 5.41) is 0.384. The molecular weight excluding hydrogens is 282 g/mol. The van der Waals surface area contributed by atoms with Crippen LogP contribution in [-0.2, 0) is 15.8 Å². The lowest BCUT2D eigenvalue weighted by Gasteiger charge is -2.09. The number of aryl methyl sites for hydroxylation is 1. The number of para-hydroxylation sites is 1. The van der Waals surface area contributed by atoms with Gasteiger partial charge in [0.25, 0.3) is 0 Å². The van der Waals surface area contributed by atoms with E-state index in [0.717, 1.165) is 11.1 Å². The van der Waals surface area contributed by atoms with Crippen LogP contribution in [0.3, 0.4) is 0 Å². The van der Waals surface area contributed by atoms with Crippen molar-refractivity contribution in [3.8, 4) is 0 Å². The normalized spacial score (nSPS) is 11.3. The maximum absolute atomic E-state index is 12.0. The molecule has 0 aliphatic carbocycles. The predicted octanol–water partition coefficient (Wildman–Crippen LogP) is 3.59. The highest BCUT2D eigenvalue weighted by atomic mass is 35.5. The summed E-state index contributed by atoms with van der Waals surface area (Å²) in [4.78, 5) is 0. The minimum absolute atomic E-state index is 0.0709. The van der Waals surface area contributed by atoms with Crippen LogP contribution in [-0.4, -0.2) is 8.42 Å². The molecule has 0 unspecified atom stereocenters. The Hall–Kier alpha value is -1.52. The van der Waals surface area contributed by atoms with Gasteiger partial charge in [0.05, 0.1) is 16.5 Å². The highest BCUT2D eigenvalue weighted by Crippen LogP contribution is 2.22. The molecule has 2 rings (SSSR count). The molecule has 3 nitrogen and oxygen atoms in total. The Morgan fingerprint density at radius 3 is 2.32 bits per heavy atom. The smallest absolute Gasteiger partial charge is 0.236 e. The van der Waals surface area contributed by atoms with Crippen molar-refractivity contribution >= 4 is 27.3 Å². The number of hydrogen-bond acceptors (Lipinski definition) is 2. The first kappa shape index (κ1) is 13.9. The zero-order chi connectivity index (χ0) is 13.9. The molecule has 1 N–H and O–H groups in total. The summed E-state index contributed by atoms with van der Waals surface area (Å²) >= 11 is 5.93. The van der Waals surface area contributed by atoms with Gasteiger partial charge in [-0.25, -0.2) is 8.42 Å². The van der Waals surface area contributed by atoms with Crippen molar-refractivity contribution in [3.05, 3.63) is 64.7 Å². The second kappa shape index (κ2) is 5.63. The van der Waals surface area contributed by atoms with Gasteiger partial charge in [0.2, 0.25) is 10.0 Å². The summed E-state index contributed by atoms with van der Waals surface area (Å²) in [7, 11) is -3.46. The summed E-state index contributed by atoms with van der Waals surface area (Å²) < 4.78 is 26.6. The SMILES string of the molecule is Cc1ccc(CS(=O)(=O)Nc2ccccc2Cl)cc1. The number of rotatable bonds is 4. The minimum Gasteiger partial charge on any atom is -0.282 e. The van der Waals surface area contributed by atoms with Crippen molar-refractivity contribution in [2.75, 3.05) is 4.72 Å². The Bertz CT molecular complexity index is 666. The maximum atomic E-state index is 12.0. The van der Waals surface area contributed by atoms with Gasteiger partial charge in [0.1, 0.15) is 0 Å². The van der Waals surface area contributed by atoms with Gasteiger partial charge in [-0.2, -0.15) is 0 Å². The van der Waals surface area contributed by atoms with Crippen molar-refractivity contribution in [1.82, 2.24) is 0 Å². The van der Waals surface area contributed by atoms with Crippen molar-refractivity contribution in [2.45, 2.75) is 12.7 Å². The van der Waals surface area contributed by atoms with E-state index in [0.29, 0.717) is 10.7 Å². The third kappa shape index (κ3) is 3.98. The highest BCUT2D eigenvalue weighted by molar-refractivity contribution is 7.91. The fraction of sp³-hybridized carbons (Fsp3) is 0.143. The lowest BCUT2D eigenvalue weighted by Crippen LogP contribution is -2.15. The van der Waals surface area contributed by atoms with Crippen LogP contribution in [0.15, 0.2) is 48.5 Å². The Kier molecular flexibility index (Phi) is 4.12. The van der Waals surface area contributed by atoms with E-state index in [1.165, 1.54) is 0 Å². The summed E-state index contributed by atoms with van der Waals surface area (Å²) in [6.45, 7) is 1.96. The van der Waals surface area contributed by atoms with Crippen molar-refractivity contribution < 1.29 is 8.42 Å². The molecule has 0 bridgehead atoms. The molecule has 5 heteroatoms. The van der Waals surface area contributed by atoms with E-state index in [1.54, 1.807) is 36.4 Å². The molecule has 0 amide bonds. The summed E-state index contributed by atoms with van der Waals surface area (Å²) in [6, 6.07) is 14.2. The number of anilines is 1. The Morgan fingerprint density at radius 2 is 1.68 bits per heavy atom. The first-order chi connectivity index (χ1) is 8.96. The van der Waals surface area contributed by atoms with E-state index in [-0.39, 0.29) is 5.75 Å². The van der Waals surface area contributed by atoms with Crippen LogP contribution in [0.5, 0.6) is 0 Å². The molecule has 100 valence electrons. The van der Waals surface area contributed by atoms with E-state index in [4.69, 9.17) is 11.6 Å². The maximum Gasteiger partial charge on any atom is 0.236 e. The highest BCUT2D eigenvalue weighted by Gasteiger charge is 2.13. The molecule has 0 fully saturated rings. The van der Waals surface area contributed by atoms with Gasteiger partial charge in [-0.05, 0) is 24.6 Å². The molecule has 0 saturated carbocycles. The van der Waals surface area contributed by atoms with Crippen molar-refractivity contribution in [3.63, 3.8) is 0 Å². The van der Waals surface area contributed by atoms with Gasteiger partial charge in [-0.3, -0.25) is 4.72 Å². The average molecular weight is 296 g/mol. The van der Waals surface area contributed by atoms with Crippen LogP contribution in [0, 0.1) is 6.92 Å². The van der Waals surface area contributed by atoms with Gasteiger partial charge in [0, 0.05) is 0 Å². The average Bonchev–Trinajstić information content (AvgIpc) is 2.35. The number of benzene rings is 2. The van der Waals surface area contributed by atoms with Gasteiger partial charge in [-0.15, -0.1) is 0 Å². The Labute approximate surface area is 118 Å². The molecule has 2 aromatic rings. The lowest BCUT2D eigenvalue weighted by molar-refractivity contribution is 0.600. The van der Waals surface area contributed by atoms with Crippen LogP contribution in [0.2, 0.25) is 5.02 Å². The van der Waals surface area contributed by atoms with Crippen LogP contribution in [0.4, 0.5) is 5.69 Å². The summed E-state index contributed by atoms with van der Waals surface area (Å²) in [5.74, 6) is -0.0709. The lowest BCUT2D eigenvalue weighted by atomic mass is 10.2. The van der Waals surface area contributed by atoms with Gasteiger partial charge in [0.15, 0.2) is 0 Å². The van der Waals surface area contributed by atoms with E-state index in [2.05, 4.69) is 4.72 Å². The number of halogens is 1. The molecule has 0 radical (unpaired) electrons. The number of sulfonamides is 1. The van der Waals surface area contributed by atoms with E-state index >= 15 is 0 Å². The molecule has 0 spiro atoms. The topological polar surface area (TPSA) is 46.2 Å². The van der Waals surface area contributed by atoms with Gasteiger partial charge >= 0.3 is 0 Å². The molecular formula is C14H14ClNO2S. The second-order valence-electron chi connectivity index (χ2n) is 4.33. The van der Waals surface area contributed by atoms with Crippen LogP contribution in [0.25, 0.3) is 0 Å². The fourth-order valence-corrected chi connectivity index (χ4v) is 3.11. The van der Waals surface area contributed by atoms with E-state index in [1.807, 2.05) is 19.1 Å². The second-order valence-corrected chi connectivity index (χ2v) is 6.46. The third-order valence-corrected chi connectivity index (χ3v) is 4.19. The third-order valence-electron chi connectivity index (χ3n) is 2.62. The van der Waals surface area contributed by atoms with Gasteiger partial charge in [-0.1, -0.05) is 53.6 Å². The molecule has 0 aliphatic heterocycles.